The van der Waals surface area contributed by atoms with Crippen molar-refractivity contribution in [2.45, 2.75) is 32.6 Å². The molecule has 0 unspecified atom stereocenters. The molecule has 1 heteroatoms. The molecule has 0 radical (unpaired) electrons. The predicted molar refractivity (Wildman–Crippen MR) is 153 cm³/mol. The molecule has 36 heavy (non-hydrogen) atoms. The first-order valence-electron chi connectivity index (χ1n) is 12.8. The Kier molecular flexibility index (Phi) is 4.53. The smallest absolute Gasteiger partial charge is 0.0541 e. The fourth-order valence-electron chi connectivity index (χ4n) is 5.82. The standard InChI is InChI=1S/C35H29N/c1-35(2,3)27-17-14-26-20-25-13-12-24(21-31(25)32(26)22-27)23-15-18-28(19-16-23)36-33-10-6-4-8-29(33)30-9-5-7-11-34(30)36/h4-19,21-22H,20H2,1-3H3. The molecule has 6 aromatic rings. The second-order valence-electron chi connectivity index (χ2n) is 11.1. The van der Waals surface area contributed by atoms with Crippen molar-refractivity contribution in [1.29, 1.82) is 0 Å². The van der Waals surface area contributed by atoms with Gasteiger partial charge in [0.25, 0.3) is 0 Å². The van der Waals surface area contributed by atoms with Gasteiger partial charge in [-0.15, -0.1) is 0 Å². The first-order valence-corrected chi connectivity index (χ1v) is 12.8. The van der Waals surface area contributed by atoms with Crippen LogP contribution in [0.3, 0.4) is 0 Å². The fourth-order valence-corrected chi connectivity index (χ4v) is 5.82. The third-order valence-electron chi connectivity index (χ3n) is 7.80. The summed E-state index contributed by atoms with van der Waals surface area (Å²) in [7, 11) is 0. The minimum absolute atomic E-state index is 0.151. The van der Waals surface area contributed by atoms with E-state index in [2.05, 4.69) is 135 Å². The van der Waals surface area contributed by atoms with E-state index >= 15 is 0 Å². The molecule has 1 aliphatic rings. The van der Waals surface area contributed by atoms with Gasteiger partial charge in [-0.3, -0.25) is 0 Å². The lowest BCUT2D eigenvalue weighted by molar-refractivity contribution is 0.590. The highest BCUT2D eigenvalue weighted by molar-refractivity contribution is 6.09. The molecule has 0 aliphatic heterocycles. The minimum Gasteiger partial charge on any atom is -0.309 e. The molecular weight excluding hydrogens is 434 g/mol. The van der Waals surface area contributed by atoms with Gasteiger partial charge in [-0.25, -0.2) is 0 Å². The molecule has 0 amide bonds. The van der Waals surface area contributed by atoms with Gasteiger partial charge in [-0.2, -0.15) is 0 Å². The van der Waals surface area contributed by atoms with E-state index in [4.69, 9.17) is 0 Å². The quantitative estimate of drug-likeness (QED) is 0.241. The lowest BCUT2D eigenvalue weighted by Gasteiger charge is -2.20. The highest BCUT2D eigenvalue weighted by Gasteiger charge is 2.22. The highest BCUT2D eigenvalue weighted by atomic mass is 15.0. The Morgan fingerprint density at radius 3 is 1.75 bits per heavy atom. The molecule has 0 atom stereocenters. The van der Waals surface area contributed by atoms with Gasteiger partial charge >= 0.3 is 0 Å². The number of benzene rings is 5. The van der Waals surface area contributed by atoms with Crippen LogP contribution >= 0.6 is 0 Å². The van der Waals surface area contributed by atoms with Gasteiger partial charge in [-0.05, 0) is 81.1 Å². The van der Waals surface area contributed by atoms with E-state index in [1.165, 1.54) is 66.4 Å². The molecule has 1 nitrogen and oxygen atoms in total. The second-order valence-corrected chi connectivity index (χ2v) is 11.1. The average molecular weight is 464 g/mol. The molecule has 0 fully saturated rings. The summed E-state index contributed by atoms with van der Waals surface area (Å²) in [5.41, 5.74) is 13.4. The van der Waals surface area contributed by atoms with E-state index in [-0.39, 0.29) is 5.41 Å². The second kappa shape index (κ2) is 7.70. The largest absolute Gasteiger partial charge is 0.309 e. The van der Waals surface area contributed by atoms with Crippen molar-refractivity contribution in [3.05, 3.63) is 126 Å². The molecule has 0 N–H and O–H groups in total. The topological polar surface area (TPSA) is 4.93 Å². The van der Waals surface area contributed by atoms with Gasteiger partial charge in [-0.1, -0.05) is 99.6 Å². The summed E-state index contributed by atoms with van der Waals surface area (Å²) in [5.74, 6) is 0. The average Bonchev–Trinajstić information content (AvgIpc) is 3.43. The fraction of sp³-hybridized carbons (Fsp3) is 0.143. The zero-order valence-corrected chi connectivity index (χ0v) is 21.0. The maximum absolute atomic E-state index is 2.41. The van der Waals surface area contributed by atoms with Crippen molar-refractivity contribution in [3.63, 3.8) is 0 Å². The summed E-state index contributed by atoms with van der Waals surface area (Å²) in [6, 6.07) is 40.5. The van der Waals surface area contributed by atoms with E-state index in [1.807, 2.05) is 0 Å². The van der Waals surface area contributed by atoms with E-state index in [9.17, 15) is 0 Å². The normalized spacial score (nSPS) is 12.8. The summed E-state index contributed by atoms with van der Waals surface area (Å²) in [5, 5.41) is 2.59. The predicted octanol–water partition coefficient (Wildman–Crippen LogP) is 9.32. The van der Waals surface area contributed by atoms with Crippen LogP contribution in [0.1, 0.15) is 37.5 Å². The number of nitrogens with zero attached hydrogens (tertiary/aromatic N) is 1. The van der Waals surface area contributed by atoms with E-state index in [0.29, 0.717) is 0 Å². The third-order valence-corrected chi connectivity index (χ3v) is 7.80. The Morgan fingerprint density at radius 2 is 1.11 bits per heavy atom. The molecule has 0 bridgehead atoms. The first kappa shape index (κ1) is 21.2. The van der Waals surface area contributed by atoms with Crippen LogP contribution in [0.15, 0.2) is 109 Å². The van der Waals surface area contributed by atoms with E-state index < -0.39 is 0 Å². The van der Waals surface area contributed by atoms with Gasteiger partial charge in [0, 0.05) is 16.5 Å². The number of para-hydroxylation sites is 2. The lowest BCUT2D eigenvalue weighted by atomic mass is 9.85. The van der Waals surface area contributed by atoms with Crippen LogP contribution in [0, 0.1) is 0 Å². The monoisotopic (exact) mass is 463 g/mol. The number of rotatable bonds is 2. The van der Waals surface area contributed by atoms with Crippen LogP contribution in [0.5, 0.6) is 0 Å². The van der Waals surface area contributed by atoms with Crippen molar-refractivity contribution in [3.8, 4) is 27.9 Å². The molecule has 7 rings (SSSR count). The first-order chi connectivity index (χ1) is 17.5. The van der Waals surface area contributed by atoms with Crippen LogP contribution < -0.4 is 0 Å². The van der Waals surface area contributed by atoms with Gasteiger partial charge in [0.15, 0.2) is 0 Å². The Hall–Kier alpha value is -4.10. The Balaban J connectivity index is 1.30. The third kappa shape index (κ3) is 3.23. The summed E-state index contributed by atoms with van der Waals surface area (Å²) in [6.07, 6.45) is 1.03. The van der Waals surface area contributed by atoms with Crippen molar-refractivity contribution < 1.29 is 0 Å². The number of hydrogen-bond acceptors (Lipinski definition) is 0. The minimum atomic E-state index is 0.151. The molecule has 1 aliphatic carbocycles. The maximum Gasteiger partial charge on any atom is 0.0541 e. The van der Waals surface area contributed by atoms with Crippen LogP contribution in [0.4, 0.5) is 0 Å². The van der Waals surface area contributed by atoms with Crippen molar-refractivity contribution in [1.82, 2.24) is 4.57 Å². The molecular formula is C35H29N. The van der Waals surface area contributed by atoms with Gasteiger partial charge in [0.2, 0.25) is 0 Å². The molecule has 0 saturated carbocycles. The molecule has 5 aromatic carbocycles. The molecule has 174 valence electrons. The summed E-state index contributed by atoms with van der Waals surface area (Å²) in [4.78, 5) is 0. The summed E-state index contributed by atoms with van der Waals surface area (Å²) >= 11 is 0. The molecule has 1 aromatic heterocycles. The zero-order chi connectivity index (χ0) is 24.4. The Morgan fingerprint density at radius 1 is 0.556 bits per heavy atom. The van der Waals surface area contributed by atoms with Crippen molar-refractivity contribution >= 4 is 21.8 Å². The van der Waals surface area contributed by atoms with Crippen LogP contribution in [0.25, 0.3) is 49.7 Å². The highest BCUT2D eigenvalue weighted by Crippen LogP contribution is 2.41. The number of aromatic nitrogens is 1. The molecule has 1 heterocycles. The van der Waals surface area contributed by atoms with E-state index in [0.717, 1.165) is 6.42 Å². The Labute approximate surface area is 212 Å². The maximum atomic E-state index is 2.41. The van der Waals surface area contributed by atoms with Crippen LogP contribution in [0.2, 0.25) is 0 Å². The summed E-state index contributed by atoms with van der Waals surface area (Å²) < 4.78 is 2.38. The van der Waals surface area contributed by atoms with Gasteiger partial charge in [0.05, 0.1) is 11.0 Å². The molecule has 0 saturated heterocycles. The van der Waals surface area contributed by atoms with Crippen LogP contribution in [-0.2, 0) is 11.8 Å². The van der Waals surface area contributed by atoms with Crippen LogP contribution in [-0.4, -0.2) is 4.57 Å². The zero-order valence-electron chi connectivity index (χ0n) is 21.0. The van der Waals surface area contributed by atoms with Crippen molar-refractivity contribution in [2.75, 3.05) is 0 Å². The summed E-state index contributed by atoms with van der Waals surface area (Å²) in [6.45, 7) is 6.87. The van der Waals surface area contributed by atoms with E-state index in [1.54, 1.807) is 0 Å². The number of fused-ring (bicyclic) bond motifs is 6. The lowest BCUT2D eigenvalue weighted by Crippen LogP contribution is -2.10. The number of hydrogen-bond donors (Lipinski definition) is 0. The Bertz CT molecular complexity index is 1720. The van der Waals surface area contributed by atoms with Gasteiger partial charge in [0.1, 0.15) is 0 Å². The SMILES string of the molecule is CC(C)(C)c1ccc2c(c1)-c1cc(-c3ccc(-n4c5ccccc5c5ccccc54)cc3)ccc1C2. The van der Waals surface area contributed by atoms with Crippen molar-refractivity contribution in [2.24, 2.45) is 0 Å². The molecule has 0 spiro atoms. The van der Waals surface area contributed by atoms with Gasteiger partial charge < -0.3 is 4.57 Å².